The summed E-state index contributed by atoms with van der Waals surface area (Å²) in [5.74, 6) is 0.858. The van der Waals surface area contributed by atoms with Crippen LogP contribution in [0.15, 0.2) is 21.1 Å². The Labute approximate surface area is 132 Å². The van der Waals surface area contributed by atoms with Crippen molar-refractivity contribution >= 4 is 37.5 Å². The monoisotopic (exact) mass is 390 g/mol. The van der Waals surface area contributed by atoms with Crippen molar-refractivity contribution in [1.29, 1.82) is 0 Å². The predicted octanol–water partition coefficient (Wildman–Crippen LogP) is 4.12. The van der Waals surface area contributed by atoms with Gasteiger partial charge in [0.15, 0.2) is 0 Å². The Morgan fingerprint density at radius 1 is 1.21 bits per heavy atom. The first-order valence-electron chi connectivity index (χ1n) is 6.58. The molecule has 5 heteroatoms. The number of hydrogen-bond acceptors (Lipinski definition) is 3. The molecule has 1 heterocycles. The van der Waals surface area contributed by atoms with E-state index < -0.39 is 0 Å². The van der Waals surface area contributed by atoms with Crippen LogP contribution in [0.25, 0.3) is 0 Å². The first-order valence-corrected chi connectivity index (χ1v) is 8.17. The summed E-state index contributed by atoms with van der Waals surface area (Å²) in [6.45, 7) is 2.35. The molecule has 0 aliphatic carbocycles. The highest BCUT2D eigenvalue weighted by Gasteiger charge is 2.16. The zero-order chi connectivity index (χ0) is 13.8. The molecule has 1 N–H and O–H groups in total. The Balaban J connectivity index is 2.09. The summed E-state index contributed by atoms with van der Waals surface area (Å²) in [5, 5.41) is 3.64. The van der Waals surface area contributed by atoms with Gasteiger partial charge in [-0.3, -0.25) is 0 Å². The minimum atomic E-state index is 0.534. The fourth-order valence-corrected chi connectivity index (χ4v) is 3.67. The van der Waals surface area contributed by atoms with Crippen molar-refractivity contribution in [3.63, 3.8) is 0 Å². The molecule has 1 saturated heterocycles. The van der Waals surface area contributed by atoms with Crippen molar-refractivity contribution < 1.29 is 4.74 Å². The summed E-state index contributed by atoms with van der Waals surface area (Å²) >= 11 is 7.11. The van der Waals surface area contributed by atoms with E-state index in [4.69, 9.17) is 4.74 Å². The Morgan fingerprint density at radius 2 is 2.00 bits per heavy atom. The second kappa shape index (κ2) is 6.95. The van der Waals surface area contributed by atoms with Crippen LogP contribution in [-0.2, 0) is 0 Å². The van der Waals surface area contributed by atoms with Crippen LogP contribution >= 0.6 is 31.9 Å². The topological polar surface area (TPSA) is 24.5 Å². The fraction of sp³-hybridized carbons (Fsp3) is 0.571. The van der Waals surface area contributed by atoms with E-state index in [9.17, 15) is 0 Å². The molecule has 2 rings (SSSR count). The summed E-state index contributed by atoms with van der Waals surface area (Å²) < 4.78 is 7.39. The summed E-state index contributed by atoms with van der Waals surface area (Å²) in [5.41, 5.74) is 1.11. The first kappa shape index (κ1) is 15.1. The molecule has 1 aromatic rings. The molecule has 1 aliphatic rings. The van der Waals surface area contributed by atoms with E-state index >= 15 is 0 Å². The summed E-state index contributed by atoms with van der Waals surface area (Å²) in [6.07, 6.45) is 3.65. The Morgan fingerprint density at radius 3 is 2.74 bits per heavy atom. The molecule has 1 atom stereocenters. The van der Waals surface area contributed by atoms with E-state index in [-0.39, 0.29) is 0 Å². The first-order chi connectivity index (χ1) is 9.10. The van der Waals surface area contributed by atoms with Crippen LogP contribution in [0.5, 0.6) is 5.75 Å². The van der Waals surface area contributed by atoms with Crippen LogP contribution in [0.3, 0.4) is 0 Å². The molecule has 0 saturated carbocycles. The lowest BCUT2D eigenvalue weighted by Gasteiger charge is -2.20. The molecule has 1 aliphatic heterocycles. The van der Waals surface area contributed by atoms with Crippen molar-refractivity contribution in [2.45, 2.75) is 25.3 Å². The van der Waals surface area contributed by atoms with E-state index in [2.05, 4.69) is 49.1 Å². The quantitative estimate of drug-likeness (QED) is 0.838. The van der Waals surface area contributed by atoms with Crippen LogP contribution in [-0.4, -0.2) is 38.2 Å². The van der Waals surface area contributed by atoms with E-state index in [0.717, 1.165) is 26.9 Å². The third-order valence-corrected chi connectivity index (χ3v) is 4.83. The second-order valence-corrected chi connectivity index (χ2v) is 6.75. The molecule has 1 unspecified atom stereocenters. The highest BCUT2D eigenvalue weighted by atomic mass is 79.9. The fourth-order valence-electron chi connectivity index (χ4n) is 2.40. The SMILES string of the molecule is COc1cc(NC2CCCN(C)CC2)c(Br)cc1Br. The van der Waals surface area contributed by atoms with Crippen LogP contribution in [0, 0.1) is 0 Å². The number of rotatable bonds is 3. The zero-order valence-electron chi connectivity index (χ0n) is 11.4. The van der Waals surface area contributed by atoms with Crippen LogP contribution in [0.1, 0.15) is 19.3 Å². The molecule has 19 heavy (non-hydrogen) atoms. The molecule has 3 nitrogen and oxygen atoms in total. The van der Waals surface area contributed by atoms with Crippen LogP contribution in [0.2, 0.25) is 0 Å². The summed E-state index contributed by atoms with van der Waals surface area (Å²) in [6, 6.07) is 4.61. The van der Waals surface area contributed by atoms with E-state index in [1.807, 2.05) is 12.1 Å². The molecule has 106 valence electrons. The number of ether oxygens (including phenoxy) is 1. The van der Waals surface area contributed by atoms with Gasteiger partial charge in [0.05, 0.1) is 17.3 Å². The number of likely N-dealkylation sites (tertiary alicyclic amines) is 1. The molecular formula is C14H20Br2N2O. The Bertz CT molecular complexity index is 440. The summed E-state index contributed by atoms with van der Waals surface area (Å²) in [7, 11) is 3.89. The van der Waals surface area contributed by atoms with Gasteiger partial charge in [0.1, 0.15) is 5.75 Å². The van der Waals surface area contributed by atoms with Gasteiger partial charge in [-0.25, -0.2) is 0 Å². The maximum atomic E-state index is 5.36. The van der Waals surface area contributed by atoms with Crippen molar-refractivity contribution in [1.82, 2.24) is 4.90 Å². The minimum Gasteiger partial charge on any atom is -0.495 e. The molecule has 0 radical (unpaired) electrons. The molecule has 1 fully saturated rings. The van der Waals surface area contributed by atoms with Crippen LogP contribution < -0.4 is 10.1 Å². The predicted molar refractivity (Wildman–Crippen MR) is 87.2 cm³/mol. The largest absolute Gasteiger partial charge is 0.495 e. The van der Waals surface area contributed by atoms with Gasteiger partial charge in [0.25, 0.3) is 0 Å². The lowest BCUT2D eigenvalue weighted by molar-refractivity contribution is 0.348. The maximum Gasteiger partial charge on any atom is 0.135 e. The third-order valence-electron chi connectivity index (χ3n) is 3.55. The molecule has 0 aromatic heterocycles. The maximum absolute atomic E-state index is 5.36. The Hall–Kier alpha value is -0.260. The van der Waals surface area contributed by atoms with E-state index in [1.54, 1.807) is 7.11 Å². The van der Waals surface area contributed by atoms with Gasteiger partial charge in [-0.1, -0.05) is 0 Å². The van der Waals surface area contributed by atoms with Crippen LogP contribution in [0.4, 0.5) is 5.69 Å². The lowest BCUT2D eigenvalue weighted by Crippen LogP contribution is -2.23. The molecule has 1 aromatic carbocycles. The van der Waals surface area contributed by atoms with Crippen molar-refractivity contribution in [3.8, 4) is 5.75 Å². The average Bonchev–Trinajstić information content (AvgIpc) is 2.58. The number of nitrogens with zero attached hydrogens (tertiary/aromatic N) is 1. The highest BCUT2D eigenvalue weighted by Crippen LogP contribution is 2.35. The van der Waals surface area contributed by atoms with Gasteiger partial charge in [-0.05, 0) is 77.3 Å². The van der Waals surface area contributed by atoms with Gasteiger partial charge in [0.2, 0.25) is 0 Å². The highest BCUT2D eigenvalue weighted by molar-refractivity contribution is 9.11. The third kappa shape index (κ3) is 4.10. The van der Waals surface area contributed by atoms with E-state index in [1.165, 1.54) is 25.8 Å². The number of methoxy groups -OCH3 is 1. The lowest BCUT2D eigenvalue weighted by atomic mass is 10.1. The van der Waals surface area contributed by atoms with Crippen molar-refractivity contribution in [3.05, 3.63) is 21.1 Å². The van der Waals surface area contributed by atoms with Gasteiger partial charge in [0, 0.05) is 16.6 Å². The number of benzene rings is 1. The van der Waals surface area contributed by atoms with Gasteiger partial charge in [-0.15, -0.1) is 0 Å². The molecule has 0 bridgehead atoms. The number of hydrogen-bond donors (Lipinski definition) is 1. The number of nitrogens with one attached hydrogen (secondary N) is 1. The minimum absolute atomic E-state index is 0.534. The van der Waals surface area contributed by atoms with Gasteiger partial charge in [-0.2, -0.15) is 0 Å². The molecular weight excluding hydrogens is 372 g/mol. The number of anilines is 1. The van der Waals surface area contributed by atoms with E-state index in [0.29, 0.717) is 6.04 Å². The average molecular weight is 392 g/mol. The van der Waals surface area contributed by atoms with Gasteiger partial charge >= 0.3 is 0 Å². The van der Waals surface area contributed by atoms with Crippen molar-refractivity contribution in [2.75, 3.05) is 32.6 Å². The van der Waals surface area contributed by atoms with Gasteiger partial charge < -0.3 is 15.0 Å². The molecule has 0 amide bonds. The second-order valence-electron chi connectivity index (χ2n) is 5.04. The molecule has 0 spiro atoms. The normalized spacial score (nSPS) is 20.9. The van der Waals surface area contributed by atoms with Crippen molar-refractivity contribution in [2.24, 2.45) is 0 Å². The Kier molecular flexibility index (Phi) is 5.54. The summed E-state index contributed by atoms with van der Waals surface area (Å²) in [4.78, 5) is 2.40. The smallest absolute Gasteiger partial charge is 0.135 e. The zero-order valence-corrected chi connectivity index (χ0v) is 14.6. The standard InChI is InChI=1S/C14H20Br2N2O/c1-18-6-3-4-10(5-7-18)17-13-9-14(19-2)12(16)8-11(13)15/h8-10,17H,3-7H2,1-2H3. The number of halogens is 2.